The van der Waals surface area contributed by atoms with E-state index in [0.29, 0.717) is 0 Å². The maximum atomic E-state index is 12.4. The fourth-order valence-electron chi connectivity index (χ4n) is 2.40. The first kappa shape index (κ1) is 10.5. The van der Waals surface area contributed by atoms with Crippen molar-refractivity contribution in [2.45, 2.75) is 13.8 Å². The van der Waals surface area contributed by atoms with Gasteiger partial charge in [-0.2, -0.15) is 0 Å². The van der Waals surface area contributed by atoms with Crippen LogP contribution in [0.25, 0.3) is 21.1 Å². The highest BCUT2D eigenvalue weighted by atomic mass is 32.1. The quantitative estimate of drug-likeness (QED) is 0.593. The maximum absolute atomic E-state index is 12.4. The van der Waals surface area contributed by atoms with Gasteiger partial charge in [0, 0.05) is 12.4 Å². The van der Waals surface area contributed by atoms with Crippen molar-refractivity contribution in [3.8, 4) is 0 Å². The third-order valence-electron chi connectivity index (χ3n) is 3.49. The van der Waals surface area contributed by atoms with Gasteiger partial charge >= 0.3 is 0 Å². The van der Waals surface area contributed by atoms with Crippen molar-refractivity contribution in [3.63, 3.8) is 0 Å². The standard InChI is InChI=1S/C14H13NOS/c1-8-4-5-10-12(9(8)2)15(3)11-6-7-17-14(11)13(10)16/h4-7H,1-3H3. The Labute approximate surface area is 103 Å². The average Bonchev–Trinajstić information content (AvgIpc) is 2.79. The number of hydrogen-bond donors (Lipinski definition) is 0. The Morgan fingerprint density at radius 1 is 1.18 bits per heavy atom. The van der Waals surface area contributed by atoms with E-state index in [1.54, 1.807) is 0 Å². The van der Waals surface area contributed by atoms with Gasteiger partial charge in [0.05, 0.1) is 15.7 Å². The molecule has 2 heterocycles. The summed E-state index contributed by atoms with van der Waals surface area (Å²) >= 11 is 1.52. The molecule has 0 amide bonds. The fraction of sp³-hybridized carbons (Fsp3) is 0.214. The van der Waals surface area contributed by atoms with Gasteiger partial charge in [-0.25, -0.2) is 0 Å². The lowest BCUT2D eigenvalue weighted by molar-refractivity contribution is 0.996. The first-order chi connectivity index (χ1) is 8.11. The molecule has 2 nitrogen and oxygen atoms in total. The topological polar surface area (TPSA) is 22.0 Å². The predicted octanol–water partition coefficient (Wildman–Crippen LogP) is 3.37. The summed E-state index contributed by atoms with van der Waals surface area (Å²) in [5.41, 5.74) is 4.66. The largest absolute Gasteiger partial charge is 0.343 e. The predicted molar refractivity (Wildman–Crippen MR) is 74.0 cm³/mol. The molecule has 0 unspecified atom stereocenters. The number of thiophene rings is 1. The van der Waals surface area contributed by atoms with E-state index in [0.717, 1.165) is 21.1 Å². The third-order valence-corrected chi connectivity index (χ3v) is 4.40. The van der Waals surface area contributed by atoms with Gasteiger partial charge in [-0.3, -0.25) is 4.79 Å². The zero-order valence-corrected chi connectivity index (χ0v) is 10.9. The minimum atomic E-state index is 0.159. The SMILES string of the molecule is Cc1ccc2c(=O)c3sccc3n(C)c2c1C. The van der Waals surface area contributed by atoms with Crippen molar-refractivity contribution in [2.75, 3.05) is 0 Å². The molecule has 0 aliphatic rings. The zero-order chi connectivity index (χ0) is 12.2. The highest BCUT2D eigenvalue weighted by Crippen LogP contribution is 2.25. The van der Waals surface area contributed by atoms with Crippen LogP contribution in [0.15, 0.2) is 28.4 Å². The van der Waals surface area contributed by atoms with E-state index in [1.807, 2.05) is 30.6 Å². The molecule has 0 bridgehead atoms. The Kier molecular flexibility index (Phi) is 2.13. The highest BCUT2D eigenvalue weighted by molar-refractivity contribution is 7.17. The first-order valence-corrected chi connectivity index (χ1v) is 6.45. The van der Waals surface area contributed by atoms with Crippen LogP contribution in [0.2, 0.25) is 0 Å². The summed E-state index contributed by atoms with van der Waals surface area (Å²) in [4.78, 5) is 12.4. The molecule has 3 aromatic rings. The van der Waals surface area contributed by atoms with Gasteiger partial charge in [-0.1, -0.05) is 6.07 Å². The summed E-state index contributed by atoms with van der Waals surface area (Å²) in [6.45, 7) is 4.16. The number of rotatable bonds is 0. The van der Waals surface area contributed by atoms with E-state index >= 15 is 0 Å². The van der Waals surface area contributed by atoms with Gasteiger partial charge in [0.25, 0.3) is 0 Å². The van der Waals surface area contributed by atoms with Crippen LogP contribution in [0.1, 0.15) is 11.1 Å². The van der Waals surface area contributed by atoms with Crippen LogP contribution in [-0.2, 0) is 7.05 Å². The van der Waals surface area contributed by atoms with Gasteiger partial charge in [-0.05, 0) is 42.5 Å². The average molecular weight is 243 g/mol. The van der Waals surface area contributed by atoms with Crippen molar-refractivity contribution in [3.05, 3.63) is 44.9 Å². The monoisotopic (exact) mass is 243 g/mol. The molecule has 0 fully saturated rings. The summed E-state index contributed by atoms with van der Waals surface area (Å²) in [6.07, 6.45) is 0. The smallest absolute Gasteiger partial charge is 0.207 e. The second kappa shape index (κ2) is 3.44. The summed E-state index contributed by atoms with van der Waals surface area (Å²) in [5.74, 6) is 0. The molecule has 0 radical (unpaired) electrons. The molecule has 86 valence electrons. The van der Waals surface area contributed by atoms with Crippen molar-refractivity contribution in [1.82, 2.24) is 4.57 Å². The van der Waals surface area contributed by atoms with Crippen LogP contribution >= 0.6 is 11.3 Å². The molecule has 3 heteroatoms. The van der Waals surface area contributed by atoms with Crippen LogP contribution in [0.4, 0.5) is 0 Å². The van der Waals surface area contributed by atoms with Gasteiger partial charge in [0.1, 0.15) is 0 Å². The summed E-state index contributed by atoms with van der Waals surface area (Å²) in [7, 11) is 2.03. The first-order valence-electron chi connectivity index (χ1n) is 5.57. The maximum Gasteiger partial charge on any atom is 0.207 e. The van der Waals surface area contributed by atoms with Crippen LogP contribution in [0, 0.1) is 13.8 Å². The Morgan fingerprint density at radius 2 is 1.94 bits per heavy atom. The number of fused-ring (bicyclic) bond motifs is 2. The summed E-state index contributed by atoms with van der Waals surface area (Å²) < 4.78 is 2.98. The molecule has 0 saturated carbocycles. The molecular formula is C14H13NOS. The molecule has 0 aliphatic heterocycles. The molecule has 2 aromatic heterocycles. The summed E-state index contributed by atoms with van der Waals surface area (Å²) in [5, 5.41) is 2.80. The normalized spacial score (nSPS) is 11.5. The molecule has 17 heavy (non-hydrogen) atoms. The van der Waals surface area contributed by atoms with E-state index in [1.165, 1.54) is 22.5 Å². The zero-order valence-electron chi connectivity index (χ0n) is 10.1. The lowest BCUT2D eigenvalue weighted by atomic mass is 10.0. The second-order valence-corrected chi connectivity index (χ2v) is 5.34. The van der Waals surface area contributed by atoms with E-state index in [-0.39, 0.29) is 5.43 Å². The summed E-state index contributed by atoms with van der Waals surface area (Å²) in [6, 6.07) is 5.99. The Bertz CT molecular complexity index is 795. The molecular weight excluding hydrogens is 230 g/mol. The van der Waals surface area contributed by atoms with Gasteiger partial charge in [-0.15, -0.1) is 11.3 Å². The van der Waals surface area contributed by atoms with E-state index in [2.05, 4.69) is 18.4 Å². The molecule has 1 aromatic carbocycles. The number of nitrogens with zero attached hydrogens (tertiary/aromatic N) is 1. The van der Waals surface area contributed by atoms with Gasteiger partial charge in [0.2, 0.25) is 5.43 Å². The van der Waals surface area contributed by atoms with Crippen molar-refractivity contribution < 1.29 is 0 Å². The minimum absolute atomic E-state index is 0.159. The van der Waals surface area contributed by atoms with Crippen molar-refractivity contribution >= 4 is 32.5 Å². The van der Waals surface area contributed by atoms with E-state index < -0.39 is 0 Å². The molecule has 0 atom stereocenters. The van der Waals surface area contributed by atoms with E-state index in [4.69, 9.17) is 0 Å². The van der Waals surface area contributed by atoms with Crippen molar-refractivity contribution in [2.24, 2.45) is 7.05 Å². The lowest BCUT2D eigenvalue weighted by Gasteiger charge is -2.11. The van der Waals surface area contributed by atoms with Crippen LogP contribution in [0.3, 0.4) is 0 Å². The highest BCUT2D eigenvalue weighted by Gasteiger charge is 2.11. The minimum Gasteiger partial charge on any atom is -0.343 e. The van der Waals surface area contributed by atoms with Crippen LogP contribution in [0.5, 0.6) is 0 Å². The number of hydrogen-bond acceptors (Lipinski definition) is 2. The Balaban J connectivity index is 2.74. The number of aromatic nitrogens is 1. The number of pyridine rings is 1. The number of aryl methyl sites for hydroxylation is 3. The van der Waals surface area contributed by atoms with Crippen LogP contribution < -0.4 is 5.43 Å². The Morgan fingerprint density at radius 3 is 2.71 bits per heavy atom. The number of benzene rings is 1. The van der Waals surface area contributed by atoms with Crippen molar-refractivity contribution in [1.29, 1.82) is 0 Å². The third kappa shape index (κ3) is 1.29. The molecule has 0 aliphatic carbocycles. The van der Waals surface area contributed by atoms with Crippen LogP contribution in [-0.4, -0.2) is 4.57 Å². The molecule has 0 N–H and O–H groups in total. The molecule has 0 spiro atoms. The van der Waals surface area contributed by atoms with Gasteiger partial charge < -0.3 is 4.57 Å². The Hall–Kier alpha value is -1.61. The molecule has 3 rings (SSSR count). The van der Waals surface area contributed by atoms with E-state index in [9.17, 15) is 4.79 Å². The lowest BCUT2D eigenvalue weighted by Crippen LogP contribution is -2.08. The second-order valence-electron chi connectivity index (χ2n) is 4.43. The van der Waals surface area contributed by atoms with Gasteiger partial charge in [0.15, 0.2) is 0 Å². The molecule has 0 saturated heterocycles. The fourth-order valence-corrected chi connectivity index (χ4v) is 3.27.